The molecule has 0 bridgehead atoms. The Morgan fingerprint density at radius 3 is 2.38 bits per heavy atom. The normalized spacial score (nSPS) is 10.3. The number of rotatable bonds is 7. The first-order chi connectivity index (χ1) is 12.4. The van der Waals surface area contributed by atoms with Gasteiger partial charge in [0.15, 0.2) is 11.5 Å². The van der Waals surface area contributed by atoms with Gasteiger partial charge in [0.25, 0.3) is 5.91 Å². The molecule has 0 spiro atoms. The molecule has 138 valence electrons. The van der Waals surface area contributed by atoms with E-state index < -0.39 is 18.5 Å². The van der Waals surface area contributed by atoms with Gasteiger partial charge in [0.1, 0.15) is 0 Å². The van der Waals surface area contributed by atoms with E-state index in [1.54, 1.807) is 24.3 Å². The van der Waals surface area contributed by atoms with E-state index in [1.165, 1.54) is 25.3 Å². The summed E-state index contributed by atoms with van der Waals surface area (Å²) in [6.45, 7) is -2.83. The van der Waals surface area contributed by atoms with Crippen LogP contribution in [-0.2, 0) is 6.54 Å². The minimum atomic E-state index is -3.03. The van der Waals surface area contributed by atoms with E-state index in [4.69, 9.17) is 10.5 Å². The number of anilines is 1. The number of hydrogen-bond acceptors (Lipinski definition) is 4. The Hall–Kier alpha value is -3.36. The Bertz CT molecular complexity index is 782. The SMILES string of the molecule is COc1ccc(C(=O)NCc2ccc(NC(N)=O)cc2)cc1OC(F)F. The van der Waals surface area contributed by atoms with Crippen molar-refractivity contribution >= 4 is 17.6 Å². The monoisotopic (exact) mass is 365 g/mol. The Balaban J connectivity index is 2.02. The number of methoxy groups -OCH3 is 1. The van der Waals surface area contributed by atoms with Crippen molar-refractivity contribution in [3.8, 4) is 11.5 Å². The van der Waals surface area contributed by atoms with Crippen LogP contribution in [0.15, 0.2) is 42.5 Å². The minimum Gasteiger partial charge on any atom is -0.493 e. The van der Waals surface area contributed by atoms with Crippen LogP contribution in [0.25, 0.3) is 0 Å². The molecule has 0 saturated heterocycles. The number of carbonyl (C=O) groups is 2. The molecule has 0 unspecified atom stereocenters. The molecule has 3 amide bonds. The number of primary amides is 1. The molecule has 2 rings (SSSR count). The Kier molecular flexibility index (Phi) is 6.31. The lowest BCUT2D eigenvalue weighted by molar-refractivity contribution is -0.0512. The number of hydrogen-bond donors (Lipinski definition) is 3. The molecular formula is C17H17F2N3O4. The molecule has 0 aromatic heterocycles. The van der Waals surface area contributed by atoms with Crippen molar-refractivity contribution in [3.05, 3.63) is 53.6 Å². The van der Waals surface area contributed by atoms with Crippen molar-refractivity contribution in [1.29, 1.82) is 0 Å². The van der Waals surface area contributed by atoms with Crippen LogP contribution in [0, 0.1) is 0 Å². The first kappa shape index (κ1) is 19.0. The number of halogens is 2. The fraction of sp³-hybridized carbons (Fsp3) is 0.176. The largest absolute Gasteiger partial charge is 0.493 e. The molecule has 26 heavy (non-hydrogen) atoms. The van der Waals surface area contributed by atoms with Crippen molar-refractivity contribution in [3.63, 3.8) is 0 Å². The predicted molar refractivity (Wildman–Crippen MR) is 90.4 cm³/mol. The third-order valence-electron chi connectivity index (χ3n) is 3.32. The fourth-order valence-electron chi connectivity index (χ4n) is 2.14. The van der Waals surface area contributed by atoms with Gasteiger partial charge >= 0.3 is 12.6 Å². The summed E-state index contributed by atoms with van der Waals surface area (Å²) in [5.74, 6) is -0.595. The zero-order valence-electron chi connectivity index (χ0n) is 13.8. The van der Waals surface area contributed by atoms with Crippen LogP contribution in [-0.4, -0.2) is 25.7 Å². The van der Waals surface area contributed by atoms with E-state index in [2.05, 4.69) is 15.4 Å². The van der Waals surface area contributed by atoms with Gasteiger partial charge in [-0.2, -0.15) is 8.78 Å². The molecule has 2 aromatic carbocycles. The molecular weight excluding hydrogens is 348 g/mol. The maximum Gasteiger partial charge on any atom is 0.387 e. The molecule has 0 atom stereocenters. The summed E-state index contributed by atoms with van der Waals surface area (Å²) in [7, 11) is 1.31. The van der Waals surface area contributed by atoms with Crippen LogP contribution in [0.4, 0.5) is 19.3 Å². The Morgan fingerprint density at radius 1 is 1.12 bits per heavy atom. The number of nitrogens with one attached hydrogen (secondary N) is 2. The minimum absolute atomic E-state index is 0.0967. The Morgan fingerprint density at radius 2 is 1.81 bits per heavy atom. The number of ether oxygens (including phenoxy) is 2. The number of urea groups is 1. The molecule has 0 radical (unpaired) electrons. The second-order valence-electron chi connectivity index (χ2n) is 5.11. The summed E-state index contributed by atoms with van der Waals surface area (Å²) in [5.41, 5.74) is 6.46. The molecule has 7 nitrogen and oxygen atoms in total. The van der Waals surface area contributed by atoms with E-state index in [0.29, 0.717) is 5.69 Å². The first-order valence-corrected chi connectivity index (χ1v) is 7.45. The highest BCUT2D eigenvalue weighted by Crippen LogP contribution is 2.29. The topological polar surface area (TPSA) is 103 Å². The lowest BCUT2D eigenvalue weighted by Gasteiger charge is -2.12. The van der Waals surface area contributed by atoms with E-state index in [9.17, 15) is 18.4 Å². The first-order valence-electron chi connectivity index (χ1n) is 7.45. The van der Waals surface area contributed by atoms with Gasteiger partial charge < -0.3 is 25.8 Å². The van der Waals surface area contributed by atoms with E-state index in [1.807, 2.05) is 0 Å². The van der Waals surface area contributed by atoms with Gasteiger partial charge in [-0.05, 0) is 35.9 Å². The standard InChI is InChI=1S/C17H17F2N3O4/c1-25-13-7-4-11(8-14(13)26-16(18)19)15(23)21-9-10-2-5-12(6-3-10)22-17(20)24/h2-8,16H,9H2,1H3,(H,21,23)(H3,20,22,24). The quantitative estimate of drug-likeness (QED) is 0.702. The van der Waals surface area contributed by atoms with Gasteiger partial charge in [-0.3, -0.25) is 4.79 Å². The molecule has 2 aromatic rings. The van der Waals surface area contributed by atoms with Gasteiger partial charge in [-0.15, -0.1) is 0 Å². The predicted octanol–water partition coefficient (Wildman–Crippen LogP) is 2.72. The highest BCUT2D eigenvalue weighted by molar-refractivity contribution is 5.94. The lowest BCUT2D eigenvalue weighted by atomic mass is 10.1. The Labute approximate surface area is 148 Å². The third kappa shape index (κ3) is 5.33. The van der Waals surface area contributed by atoms with Crippen LogP contribution in [0.3, 0.4) is 0 Å². The molecule has 0 aliphatic rings. The number of amides is 3. The maximum atomic E-state index is 12.4. The smallest absolute Gasteiger partial charge is 0.387 e. The van der Waals surface area contributed by atoms with Gasteiger partial charge in [0, 0.05) is 17.8 Å². The van der Waals surface area contributed by atoms with Gasteiger partial charge in [0.05, 0.1) is 7.11 Å². The van der Waals surface area contributed by atoms with E-state index in [-0.39, 0.29) is 23.6 Å². The molecule has 9 heteroatoms. The maximum absolute atomic E-state index is 12.4. The van der Waals surface area contributed by atoms with Crippen molar-refractivity contribution < 1.29 is 27.8 Å². The van der Waals surface area contributed by atoms with Crippen LogP contribution in [0.5, 0.6) is 11.5 Å². The van der Waals surface area contributed by atoms with Gasteiger partial charge in [0.2, 0.25) is 0 Å². The zero-order valence-corrected chi connectivity index (χ0v) is 13.8. The molecule has 0 heterocycles. The lowest BCUT2D eigenvalue weighted by Crippen LogP contribution is -2.23. The number of carbonyl (C=O) groups excluding carboxylic acids is 2. The average molecular weight is 365 g/mol. The van der Waals surface area contributed by atoms with Crippen molar-refractivity contribution in [2.45, 2.75) is 13.2 Å². The van der Waals surface area contributed by atoms with Crippen LogP contribution < -0.4 is 25.8 Å². The molecule has 0 saturated carbocycles. The highest BCUT2D eigenvalue weighted by Gasteiger charge is 2.14. The van der Waals surface area contributed by atoms with Gasteiger partial charge in [-0.25, -0.2) is 4.79 Å². The van der Waals surface area contributed by atoms with Crippen molar-refractivity contribution in [2.24, 2.45) is 5.73 Å². The molecule has 4 N–H and O–H groups in total. The number of benzene rings is 2. The van der Waals surface area contributed by atoms with E-state index >= 15 is 0 Å². The second kappa shape index (κ2) is 8.65. The van der Waals surface area contributed by atoms with Gasteiger partial charge in [-0.1, -0.05) is 12.1 Å². The number of alkyl halides is 2. The molecule has 0 aliphatic heterocycles. The number of nitrogens with two attached hydrogens (primary N) is 1. The highest BCUT2D eigenvalue weighted by atomic mass is 19.3. The molecule has 0 aliphatic carbocycles. The summed E-state index contributed by atoms with van der Waals surface area (Å²) >= 11 is 0. The summed E-state index contributed by atoms with van der Waals surface area (Å²) < 4.78 is 34.1. The third-order valence-corrected chi connectivity index (χ3v) is 3.32. The van der Waals surface area contributed by atoms with Crippen molar-refractivity contribution in [2.75, 3.05) is 12.4 Å². The van der Waals surface area contributed by atoms with Crippen LogP contribution in [0.2, 0.25) is 0 Å². The average Bonchev–Trinajstić information content (AvgIpc) is 2.60. The summed E-state index contributed by atoms with van der Waals surface area (Å²) in [4.78, 5) is 23.0. The van der Waals surface area contributed by atoms with Crippen LogP contribution >= 0.6 is 0 Å². The molecule has 0 fully saturated rings. The fourth-order valence-corrected chi connectivity index (χ4v) is 2.14. The van der Waals surface area contributed by atoms with Crippen molar-refractivity contribution in [1.82, 2.24) is 5.32 Å². The van der Waals surface area contributed by atoms with E-state index in [0.717, 1.165) is 5.56 Å². The summed E-state index contributed by atoms with van der Waals surface area (Å²) in [6, 6.07) is 9.98. The zero-order chi connectivity index (χ0) is 19.1. The van der Waals surface area contributed by atoms with Crippen LogP contribution in [0.1, 0.15) is 15.9 Å². The summed E-state index contributed by atoms with van der Waals surface area (Å²) in [5, 5.41) is 5.08. The summed E-state index contributed by atoms with van der Waals surface area (Å²) in [6.07, 6.45) is 0. The second-order valence-corrected chi connectivity index (χ2v) is 5.11.